The van der Waals surface area contributed by atoms with E-state index in [1.807, 2.05) is 31.2 Å². The summed E-state index contributed by atoms with van der Waals surface area (Å²) < 4.78 is 5.54. The maximum atomic E-state index is 12.3. The summed E-state index contributed by atoms with van der Waals surface area (Å²) in [6, 6.07) is 10.1. The topological polar surface area (TPSA) is 53.7 Å². The van der Waals surface area contributed by atoms with Gasteiger partial charge >= 0.3 is 5.63 Å². The van der Waals surface area contributed by atoms with E-state index in [-0.39, 0.29) is 11.4 Å². The summed E-state index contributed by atoms with van der Waals surface area (Å²) >= 11 is 0. The molecule has 0 amide bonds. The molecule has 4 heteroatoms. The van der Waals surface area contributed by atoms with E-state index in [9.17, 15) is 9.90 Å². The number of hydrogen-bond acceptors (Lipinski definition) is 4. The lowest BCUT2D eigenvalue weighted by Crippen LogP contribution is -2.38. The van der Waals surface area contributed by atoms with Crippen LogP contribution in [0.1, 0.15) is 43.7 Å². The van der Waals surface area contributed by atoms with Crippen molar-refractivity contribution in [1.82, 2.24) is 4.90 Å². The van der Waals surface area contributed by atoms with E-state index in [0.717, 1.165) is 35.8 Å². The number of aromatic hydroxyl groups is 1. The number of hydrogen-bond donors (Lipinski definition) is 1. The minimum Gasteiger partial charge on any atom is -0.507 e. The Morgan fingerprint density at radius 2 is 1.96 bits per heavy atom. The Labute approximate surface area is 153 Å². The number of phenolic OH excluding ortho intramolecular Hbond substituents is 1. The van der Waals surface area contributed by atoms with Gasteiger partial charge < -0.3 is 9.52 Å². The van der Waals surface area contributed by atoms with Crippen LogP contribution < -0.4 is 5.63 Å². The Hall–Kier alpha value is -2.33. The first kappa shape index (κ1) is 17.1. The van der Waals surface area contributed by atoms with Gasteiger partial charge in [-0.1, -0.05) is 31.5 Å². The highest BCUT2D eigenvalue weighted by molar-refractivity contribution is 6.05. The Morgan fingerprint density at radius 1 is 1.19 bits per heavy atom. The van der Waals surface area contributed by atoms with E-state index in [4.69, 9.17) is 4.42 Å². The summed E-state index contributed by atoms with van der Waals surface area (Å²) in [6.07, 6.45) is 4.85. The molecule has 1 aliphatic heterocycles. The third kappa shape index (κ3) is 2.78. The number of rotatable bonds is 3. The van der Waals surface area contributed by atoms with Crippen LogP contribution in [0.15, 0.2) is 39.5 Å². The molecule has 1 aliphatic rings. The van der Waals surface area contributed by atoms with Gasteiger partial charge in [0.05, 0.1) is 5.39 Å². The fourth-order valence-electron chi connectivity index (χ4n) is 4.30. The molecule has 0 saturated carbocycles. The second kappa shape index (κ2) is 6.76. The van der Waals surface area contributed by atoms with E-state index < -0.39 is 0 Å². The van der Waals surface area contributed by atoms with Crippen molar-refractivity contribution in [3.63, 3.8) is 0 Å². The van der Waals surface area contributed by atoms with Crippen LogP contribution in [0.4, 0.5) is 0 Å². The molecule has 4 rings (SSSR count). The molecule has 2 aromatic carbocycles. The quantitative estimate of drug-likeness (QED) is 0.548. The fraction of sp³-hybridized carbons (Fsp3) is 0.409. The second-order valence-corrected chi connectivity index (χ2v) is 7.35. The van der Waals surface area contributed by atoms with Gasteiger partial charge in [0.1, 0.15) is 11.3 Å². The highest BCUT2D eigenvalue weighted by Gasteiger charge is 2.23. The zero-order chi connectivity index (χ0) is 18.3. The van der Waals surface area contributed by atoms with Gasteiger partial charge in [-0.2, -0.15) is 0 Å². The predicted molar refractivity (Wildman–Crippen MR) is 105 cm³/mol. The summed E-state index contributed by atoms with van der Waals surface area (Å²) in [4.78, 5) is 14.8. The standard InChI is InChI=1S/C22H25NO3/c1-3-16-8-6-7-11-23(16)13-15-12-19-17-9-4-5-10-18(17)22(25)26-21(19)14(2)20(15)24/h4-5,9-10,12,16,24H,3,6-8,11,13H2,1-2H3/t16-/m1/s1. The van der Waals surface area contributed by atoms with Crippen molar-refractivity contribution < 1.29 is 9.52 Å². The zero-order valence-electron chi connectivity index (χ0n) is 15.4. The Kier molecular flexibility index (Phi) is 4.45. The molecule has 3 aromatic rings. The van der Waals surface area contributed by atoms with Crippen LogP contribution in [-0.4, -0.2) is 22.6 Å². The largest absolute Gasteiger partial charge is 0.507 e. The molecule has 1 N–H and O–H groups in total. The van der Waals surface area contributed by atoms with Crippen LogP contribution in [-0.2, 0) is 6.54 Å². The van der Waals surface area contributed by atoms with Gasteiger partial charge in [0.25, 0.3) is 0 Å². The number of likely N-dealkylation sites (tertiary alicyclic amines) is 1. The van der Waals surface area contributed by atoms with Gasteiger partial charge in [-0.25, -0.2) is 4.79 Å². The van der Waals surface area contributed by atoms with Crippen LogP contribution in [0, 0.1) is 6.92 Å². The minimum absolute atomic E-state index is 0.247. The first-order valence-electron chi connectivity index (χ1n) is 9.51. The van der Waals surface area contributed by atoms with E-state index >= 15 is 0 Å². The summed E-state index contributed by atoms with van der Waals surface area (Å²) in [5, 5.41) is 13.1. The summed E-state index contributed by atoms with van der Waals surface area (Å²) in [5.41, 5.74) is 1.69. The molecule has 1 saturated heterocycles. The van der Waals surface area contributed by atoms with Gasteiger partial charge in [0.15, 0.2) is 0 Å². The molecule has 26 heavy (non-hydrogen) atoms. The first-order chi connectivity index (χ1) is 12.6. The number of benzene rings is 2. The normalized spacial score (nSPS) is 18.6. The molecular formula is C22H25NO3. The number of nitrogens with zero attached hydrogens (tertiary/aromatic N) is 1. The lowest BCUT2D eigenvalue weighted by molar-refractivity contribution is 0.135. The third-order valence-corrected chi connectivity index (χ3v) is 5.79. The molecule has 2 heterocycles. The molecule has 0 unspecified atom stereocenters. The lowest BCUT2D eigenvalue weighted by Gasteiger charge is -2.35. The van der Waals surface area contributed by atoms with Crippen molar-refractivity contribution in [3.8, 4) is 5.75 Å². The average Bonchev–Trinajstić information content (AvgIpc) is 2.67. The van der Waals surface area contributed by atoms with Crippen molar-refractivity contribution in [2.45, 2.75) is 52.1 Å². The van der Waals surface area contributed by atoms with Crippen molar-refractivity contribution in [2.24, 2.45) is 0 Å². The SMILES string of the molecule is CC[C@@H]1CCCCN1Cc1cc2c(oc(=O)c3ccccc32)c(C)c1O. The zero-order valence-corrected chi connectivity index (χ0v) is 15.4. The average molecular weight is 351 g/mol. The highest BCUT2D eigenvalue weighted by atomic mass is 16.4. The maximum Gasteiger partial charge on any atom is 0.344 e. The number of aryl methyl sites for hydroxylation is 1. The van der Waals surface area contributed by atoms with Gasteiger partial charge in [0.2, 0.25) is 0 Å². The maximum absolute atomic E-state index is 12.3. The lowest BCUT2D eigenvalue weighted by atomic mass is 9.97. The molecular weight excluding hydrogens is 326 g/mol. The molecule has 0 radical (unpaired) electrons. The molecule has 4 nitrogen and oxygen atoms in total. The first-order valence-corrected chi connectivity index (χ1v) is 9.51. The highest BCUT2D eigenvalue weighted by Crippen LogP contribution is 2.35. The number of piperidine rings is 1. The van der Waals surface area contributed by atoms with Gasteiger partial charge in [0, 0.05) is 29.1 Å². The van der Waals surface area contributed by atoms with E-state index in [1.165, 1.54) is 19.3 Å². The Bertz CT molecular complexity index is 1020. The molecule has 1 fully saturated rings. The molecule has 1 atom stereocenters. The van der Waals surface area contributed by atoms with Crippen LogP contribution in [0.3, 0.4) is 0 Å². The van der Waals surface area contributed by atoms with Crippen molar-refractivity contribution in [3.05, 3.63) is 51.9 Å². The van der Waals surface area contributed by atoms with E-state index in [0.29, 0.717) is 22.6 Å². The molecule has 0 spiro atoms. The van der Waals surface area contributed by atoms with Crippen molar-refractivity contribution in [1.29, 1.82) is 0 Å². The van der Waals surface area contributed by atoms with Crippen molar-refractivity contribution in [2.75, 3.05) is 6.54 Å². The molecule has 0 bridgehead atoms. The van der Waals surface area contributed by atoms with Crippen LogP contribution in [0.5, 0.6) is 5.75 Å². The smallest absolute Gasteiger partial charge is 0.344 e. The van der Waals surface area contributed by atoms with Crippen molar-refractivity contribution >= 4 is 21.7 Å². The van der Waals surface area contributed by atoms with E-state index in [2.05, 4.69) is 11.8 Å². The van der Waals surface area contributed by atoms with Crippen LogP contribution >= 0.6 is 0 Å². The molecule has 136 valence electrons. The van der Waals surface area contributed by atoms with Gasteiger partial charge in [-0.15, -0.1) is 0 Å². The third-order valence-electron chi connectivity index (χ3n) is 5.79. The summed E-state index contributed by atoms with van der Waals surface area (Å²) in [5.74, 6) is 0.247. The monoisotopic (exact) mass is 351 g/mol. The van der Waals surface area contributed by atoms with Gasteiger partial charge in [-0.3, -0.25) is 4.90 Å². The predicted octanol–water partition coefficient (Wildman–Crippen LogP) is 4.72. The second-order valence-electron chi connectivity index (χ2n) is 7.35. The number of phenols is 1. The van der Waals surface area contributed by atoms with Gasteiger partial charge in [-0.05, 0) is 50.2 Å². The summed E-state index contributed by atoms with van der Waals surface area (Å²) in [7, 11) is 0. The van der Waals surface area contributed by atoms with Crippen LogP contribution in [0.2, 0.25) is 0 Å². The summed E-state index contributed by atoms with van der Waals surface area (Å²) in [6.45, 7) is 5.86. The minimum atomic E-state index is -0.356. The number of fused-ring (bicyclic) bond motifs is 3. The Morgan fingerprint density at radius 3 is 2.73 bits per heavy atom. The molecule has 0 aliphatic carbocycles. The molecule has 1 aromatic heterocycles. The van der Waals surface area contributed by atoms with Crippen LogP contribution in [0.25, 0.3) is 21.7 Å². The Balaban J connectivity index is 1.88. The fourth-order valence-corrected chi connectivity index (χ4v) is 4.30. The van der Waals surface area contributed by atoms with E-state index in [1.54, 1.807) is 6.07 Å².